The smallest absolute Gasteiger partial charge is 0.407 e. The average molecular weight is 784 g/mol. The van der Waals surface area contributed by atoms with E-state index >= 15 is 0 Å². The van der Waals surface area contributed by atoms with Gasteiger partial charge < -0.3 is 25.0 Å². The second-order valence-electron chi connectivity index (χ2n) is 15.2. The van der Waals surface area contributed by atoms with Crippen LogP contribution in [0.2, 0.25) is 0 Å². The van der Waals surface area contributed by atoms with Gasteiger partial charge in [0.1, 0.15) is 29.5 Å². The summed E-state index contributed by atoms with van der Waals surface area (Å²) in [6.45, 7) is 5.96. The second kappa shape index (κ2) is 16.5. The van der Waals surface area contributed by atoms with E-state index in [9.17, 15) is 27.6 Å². The molecule has 2 aliphatic carbocycles. The maximum Gasteiger partial charge on any atom is 0.407 e. The number of allylic oxidation sites excluding steroid dienone is 1. The van der Waals surface area contributed by atoms with Gasteiger partial charge in [-0.25, -0.2) is 18.2 Å². The Kier molecular flexibility index (Phi) is 11.5. The molecule has 2 saturated carbocycles. The molecule has 3 N–H and O–H groups in total. The molecule has 0 spiro atoms. The van der Waals surface area contributed by atoms with Gasteiger partial charge in [0, 0.05) is 29.4 Å². The van der Waals surface area contributed by atoms with E-state index in [1.54, 1.807) is 0 Å². The fourth-order valence-electron chi connectivity index (χ4n) is 7.54. The molecule has 3 aromatic rings. The fourth-order valence-corrected chi connectivity index (χ4v) is 8.91. The van der Waals surface area contributed by atoms with Crippen molar-refractivity contribution in [3.8, 4) is 17.0 Å². The molecule has 296 valence electrons. The third-order valence-electron chi connectivity index (χ3n) is 11.0. The minimum Gasteiger partial charge on any atom is -0.488 e. The SMILES string of the molecule is C=C[C@@H]1C[C@]1(NC(=O)[C@@H]1C[C@@H]2CN1C(=O)[C@H](CCCC)NC(=O)OCCCC/C=C\c1ccc3nc(-c4ccccc4)cc(c3c1)O2)C(=O)NS(=O)(=O)C1CC1. The second-order valence-corrected chi connectivity index (χ2v) is 17.1. The van der Waals surface area contributed by atoms with E-state index < -0.39 is 68.7 Å². The van der Waals surface area contributed by atoms with Gasteiger partial charge in [-0.05, 0) is 62.6 Å². The first-order valence-electron chi connectivity index (χ1n) is 19.6. The topological polar surface area (TPSA) is 173 Å². The van der Waals surface area contributed by atoms with Crippen LogP contribution >= 0.6 is 0 Å². The number of cyclic esters (lactones) is 1. The summed E-state index contributed by atoms with van der Waals surface area (Å²) in [4.78, 5) is 61.8. The molecule has 3 fully saturated rings. The predicted molar refractivity (Wildman–Crippen MR) is 212 cm³/mol. The van der Waals surface area contributed by atoms with Crippen molar-refractivity contribution in [2.75, 3.05) is 13.2 Å². The van der Waals surface area contributed by atoms with Crippen LogP contribution in [0.4, 0.5) is 4.79 Å². The van der Waals surface area contributed by atoms with Gasteiger partial charge in [-0.3, -0.25) is 19.1 Å². The summed E-state index contributed by atoms with van der Waals surface area (Å²) in [5.41, 5.74) is 1.69. The summed E-state index contributed by atoms with van der Waals surface area (Å²) >= 11 is 0. The van der Waals surface area contributed by atoms with E-state index in [1.165, 1.54) is 11.0 Å². The zero-order chi connectivity index (χ0) is 39.5. The average Bonchev–Trinajstić information content (AvgIpc) is 4.12. The Hall–Kier alpha value is -5.24. The number of pyridine rings is 1. The number of alkyl carbamates (subject to hydrolysis) is 1. The Morgan fingerprint density at radius 2 is 1.91 bits per heavy atom. The maximum atomic E-state index is 14.5. The lowest BCUT2D eigenvalue weighted by Gasteiger charge is -2.29. The number of unbranched alkanes of at least 4 members (excludes halogenated alkanes) is 1. The van der Waals surface area contributed by atoms with Gasteiger partial charge >= 0.3 is 6.09 Å². The van der Waals surface area contributed by atoms with Crippen molar-refractivity contribution >= 4 is 50.8 Å². The van der Waals surface area contributed by atoms with Crippen LogP contribution in [-0.2, 0) is 29.1 Å². The minimum absolute atomic E-state index is 0.000491. The van der Waals surface area contributed by atoms with E-state index in [0.29, 0.717) is 49.1 Å². The lowest BCUT2D eigenvalue weighted by molar-refractivity contribution is -0.141. The van der Waals surface area contributed by atoms with Crippen molar-refractivity contribution < 1.29 is 37.1 Å². The Morgan fingerprint density at radius 3 is 2.64 bits per heavy atom. The van der Waals surface area contributed by atoms with E-state index in [4.69, 9.17) is 14.5 Å². The van der Waals surface area contributed by atoms with Crippen molar-refractivity contribution in [1.82, 2.24) is 25.2 Å². The minimum atomic E-state index is -3.90. The highest BCUT2D eigenvalue weighted by Crippen LogP contribution is 2.45. The highest BCUT2D eigenvalue weighted by atomic mass is 32.2. The predicted octanol–water partition coefficient (Wildman–Crippen LogP) is 5.40. The van der Waals surface area contributed by atoms with Crippen LogP contribution < -0.4 is 20.1 Å². The van der Waals surface area contributed by atoms with Crippen LogP contribution in [0.15, 0.2) is 73.3 Å². The Morgan fingerprint density at radius 1 is 1.11 bits per heavy atom. The number of benzene rings is 2. The highest BCUT2D eigenvalue weighted by Gasteiger charge is 2.62. The molecular weight excluding hydrogens is 735 g/mol. The molecule has 4 aliphatic rings. The number of hydrogen-bond donors (Lipinski definition) is 3. The van der Waals surface area contributed by atoms with E-state index in [0.717, 1.165) is 35.8 Å². The van der Waals surface area contributed by atoms with Crippen LogP contribution in [0.5, 0.6) is 5.75 Å². The summed E-state index contributed by atoms with van der Waals surface area (Å²) in [5.74, 6) is -1.93. The molecule has 56 heavy (non-hydrogen) atoms. The van der Waals surface area contributed by atoms with E-state index in [-0.39, 0.29) is 26.0 Å². The standard InChI is InChI=1S/C42H49N5O8S/c1-3-5-16-34-39(49)47-26-30(23-36(47)38(48)45-42(25-29(42)4-2)40(50)46-56(52,53)31-18-19-31)55-37-24-35(28-14-10-8-11-15-28)43-33-20-17-27(22-32(33)37)13-9-6-7-12-21-54-41(51)44-34/h4,8-11,13-15,17,20,22,24,29-31,34,36H,2-3,5-7,12,16,18-19,21,23,25-26H2,1H3,(H,44,51)(H,45,48)(H,46,50)/b13-9-/t29-,30-,34+,36+,42-/m1/s1. The summed E-state index contributed by atoms with van der Waals surface area (Å²) in [5, 5.41) is 5.71. The lowest BCUT2D eigenvalue weighted by Crippen LogP contribution is -2.58. The van der Waals surface area contributed by atoms with Crippen molar-refractivity contribution in [3.05, 3.63) is 78.9 Å². The Balaban J connectivity index is 1.25. The number of fused-ring (bicyclic) bond motifs is 3. The largest absolute Gasteiger partial charge is 0.488 e. The van der Waals surface area contributed by atoms with Crippen LogP contribution in [0.1, 0.15) is 76.7 Å². The fraction of sp³-hybridized carbons (Fsp3) is 0.452. The summed E-state index contributed by atoms with van der Waals surface area (Å²) < 4.78 is 39.9. The van der Waals surface area contributed by atoms with Crippen LogP contribution in [0, 0.1) is 5.92 Å². The number of rotatable bonds is 10. The molecule has 7 rings (SSSR count). The summed E-state index contributed by atoms with van der Waals surface area (Å²) in [6.07, 6.45) is 9.26. The third-order valence-corrected chi connectivity index (χ3v) is 12.8. The normalized spacial score (nSPS) is 26.1. The third kappa shape index (κ3) is 8.59. The van der Waals surface area contributed by atoms with E-state index in [2.05, 4.69) is 28.0 Å². The molecule has 3 heterocycles. The van der Waals surface area contributed by atoms with Gasteiger partial charge in [-0.1, -0.05) is 74.4 Å². The molecular formula is C42H49N5O8S. The quantitative estimate of drug-likeness (QED) is 0.228. The van der Waals surface area contributed by atoms with Gasteiger partial charge in [0.2, 0.25) is 21.8 Å². The molecule has 1 aromatic heterocycles. The number of hydrogen-bond acceptors (Lipinski definition) is 9. The van der Waals surface area contributed by atoms with Gasteiger partial charge in [-0.15, -0.1) is 6.58 Å². The summed E-state index contributed by atoms with van der Waals surface area (Å²) in [7, 11) is -3.90. The Labute approximate surface area is 327 Å². The van der Waals surface area contributed by atoms with Gasteiger partial charge in [0.05, 0.1) is 29.6 Å². The zero-order valence-corrected chi connectivity index (χ0v) is 32.4. The van der Waals surface area contributed by atoms with Crippen molar-refractivity contribution in [1.29, 1.82) is 0 Å². The lowest BCUT2D eigenvalue weighted by atomic mass is 10.1. The number of nitrogens with zero attached hydrogens (tertiary/aromatic N) is 2. The van der Waals surface area contributed by atoms with Crippen LogP contribution in [0.3, 0.4) is 0 Å². The zero-order valence-electron chi connectivity index (χ0n) is 31.6. The number of sulfonamides is 1. The molecule has 4 amide bonds. The Bertz CT molecular complexity index is 2140. The van der Waals surface area contributed by atoms with Gasteiger partial charge in [0.15, 0.2) is 0 Å². The number of aromatic nitrogens is 1. The molecule has 2 aromatic carbocycles. The summed E-state index contributed by atoms with van der Waals surface area (Å²) in [6, 6.07) is 15.4. The van der Waals surface area contributed by atoms with Gasteiger partial charge in [-0.2, -0.15) is 0 Å². The number of carbonyl (C=O) groups is 4. The molecule has 1 saturated heterocycles. The molecule has 0 unspecified atom stereocenters. The van der Waals surface area contributed by atoms with Crippen LogP contribution in [-0.4, -0.2) is 84.2 Å². The number of nitrogens with one attached hydrogen (secondary N) is 3. The van der Waals surface area contributed by atoms with Crippen LogP contribution in [0.25, 0.3) is 28.2 Å². The van der Waals surface area contributed by atoms with Crippen molar-refractivity contribution in [2.24, 2.45) is 5.92 Å². The first kappa shape index (κ1) is 39.0. The number of carbonyl (C=O) groups excluding carboxylic acids is 4. The molecule has 14 heteroatoms. The molecule has 5 atom stereocenters. The molecule has 4 bridgehead atoms. The maximum absolute atomic E-state index is 14.5. The molecule has 13 nitrogen and oxygen atoms in total. The molecule has 2 aliphatic heterocycles. The first-order valence-corrected chi connectivity index (χ1v) is 21.1. The van der Waals surface area contributed by atoms with E-state index in [1.807, 2.05) is 67.6 Å². The number of amides is 4. The van der Waals surface area contributed by atoms with Crippen molar-refractivity contribution in [2.45, 2.75) is 100 Å². The van der Waals surface area contributed by atoms with Crippen molar-refractivity contribution in [3.63, 3.8) is 0 Å². The highest BCUT2D eigenvalue weighted by molar-refractivity contribution is 7.91. The van der Waals surface area contributed by atoms with Gasteiger partial charge in [0.25, 0.3) is 5.91 Å². The molecule has 0 radical (unpaired) electrons. The number of ether oxygens (including phenoxy) is 2. The first-order chi connectivity index (χ1) is 27.0. The monoisotopic (exact) mass is 783 g/mol.